The van der Waals surface area contributed by atoms with Gasteiger partial charge in [0.2, 0.25) is 0 Å². The first kappa shape index (κ1) is 15.9. The lowest BCUT2D eigenvalue weighted by Gasteiger charge is -2.14. The summed E-state index contributed by atoms with van der Waals surface area (Å²) < 4.78 is 0. The van der Waals surface area contributed by atoms with E-state index in [1.807, 2.05) is 20.8 Å². The topological polar surface area (TPSA) is 26.0 Å². The highest BCUT2D eigenvalue weighted by atomic mass is 14.5. The van der Waals surface area contributed by atoms with Crippen molar-refractivity contribution in [1.29, 1.82) is 0 Å². The second kappa shape index (κ2) is 12.4. The van der Waals surface area contributed by atoms with Crippen molar-refractivity contribution < 1.29 is 0 Å². The zero-order valence-electron chi connectivity index (χ0n) is 10.5. The summed E-state index contributed by atoms with van der Waals surface area (Å²) in [6.45, 7) is 11.1. The van der Waals surface area contributed by atoms with Crippen LogP contribution >= 0.6 is 0 Å². The van der Waals surface area contributed by atoms with Crippen molar-refractivity contribution in [1.82, 2.24) is 0 Å². The Morgan fingerprint density at radius 2 is 1.86 bits per heavy atom. The molecule has 1 nitrogen and oxygen atoms in total. The van der Waals surface area contributed by atoms with Gasteiger partial charge in [0, 0.05) is 0 Å². The highest BCUT2D eigenvalue weighted by molar-refractivity contribution is 5.20. The first-order valence-electron chi connectivity index (χ1n) is 5.79. The fourth-order valence-electron chi connectivity index (χ4n) is 1.43. The van der Waals surface area contributed by atoms with Crippen LogP contribution < -0.4 is 5.73 Å². The quantitative estimate of drug-likeness (QED) is 0.664. The van der Waals surface area contributed by atoms with Crippen LogP contribution in [0.3, 0.4) is 0 Å². The van der Waals surface area contributed by atoms with E-state index in [1.165, 1.54) is 18.4 Å². The second-order valence-corrected chi connectivity index (χ2v) is 3.01. The molecule has 0 amide bonds. The molecule has 84 valence electrons. The van der Waals surface area contributed by atoms with Gasteiger partial charge in [0.15, 0.2) is 0 Å². The van der Waals surface area contributed by atoms with Crippen molar-refractivity contribution >= 4 is 0 Å². The highest BCUT2D eigenvalue weighted by Gasteiger charge is 2.07. The number of hydrogen-bond donors (Lipinski definition) is 1. The van der Waals surface area contributed by atoms with Crippen molar-refractivity contribution in [3.8, 4) is 0 Å². The highest BCUT2D eigenvalue weighted by Crippen LogP contribution is 2.16. The molecule has 0 aliphatic carbocycles. The summed E-state index contributed by atoms with van der Waals surface area (Å²) in [4.78, 5) is 0. The minimum absolute atomic E-state index is 0.552. The van der Waals surface area contributed by atoms with Gasteiger partial charge in [-0.15, -0.1) is 0 Å². The standard InChI is InChI=1S/C11H21N.C2H6/c1-4-7-10(6-3)11(9-12)8-5-2;1-2/h4,6-7,11H,5,8-9,12H2,1-3H3;1-2H3/b7-4-,10-6+;. The minimum atomic E-state index is 0.552. The maximum Gasteiger partial charge on any atom is -0.000836 e. The van der Waals surface area contributed by atoms with E-state index >= 15 is 0 Å². The summed E-state index contributed by atoms with van der Waals surface area (Å²) in [6.07, 6.45) is 8.80. The van der Waals surface area contributed by atoms with E-state index < -0.39 is 0 Å². The molecule has 2 N–H and O–H groups in total. The predicted octanol–water partition coefficient (Wildman–Crippen LogP) is 3.91. The van der Waals surface area contributed by atoms with Crippen LogP contribution in [0.25, 0.3) is 0 Å². The first-order valence-corrected chi connectivity index (χ1v) is 5.79. The van der Waals surface area contributed by atoms with Gasteiger partial charge < -0.3 is 5.73 Å². The van der Waals surface area contributed by atoms with Crippen LogP contribution in [0.1, 0.15) is 47.5 Å². The lowest BCUT2D eigenvalue weighted by molar-refractivity contribution is 0.570. The third-order valence-corrected chi connectivity index (χ3v) is 2.09. The Kier molecular flexibility index (Phi) is 14.1. The Balaban J connectivity index is 0. The Labute approximate surface area is 90.1 Å². The number of rotatable bonds is 5. The minimum Gasteiger partial charge on any atom is -0.330 e. The molecule has 0 aliphatic heterocycles. The van der Waals surface area contributed by atoms with Gasteiger partial charge in [0.1, 0.15) is 0 Å². The van der Waals surface area contributed by atoms with E-state index in [-0.39, 0.29) is 0 Å². The molecule has 0 aliphatic rings. The van der Waals surface area contributed by atoms with Gasteiger partial charge in [0.05, 0.1) is 0 Å². The van der Waals surface area contributed by atoms with Crippen molar-refractivity contribution in [2.45, 2.75) is 47.5 Å². The van der Waals surface area contributed by atoms with E-state index in [4.69, 9.17) is 5.73 Å². The van der Waals surface area contributed by atoms with Crippen LogP contribution in [-0.2, 0) is 0 Å². The van der Waals surface area contributed by atoms with Crippen LogP contribution in [0.2, 0.25) is 0 Å². The summed E-state index contributed by atoms with van der Waals surface area (Å²) in [5.41, 5.74) is 7.07. The average molecular weight is 197 g/mol. The predicted molar refractivity (Wildman–Crippen MR) is 67.4 cm³/mol. The maximum atomic E-state index is 5.69. The van der Waals surface area contributed by atoms with Gasteiger partial charge in [-0.2, -0.15) is 0 Å². The SMILES string of the molecule is C/C=C\C(=C/C)C(CN)CCC.CC. The van der Waals surface area contributed by atoms with E-state index in [9.17, 15) is 0 Å². The van der Waals surface area contributed by atoms with Crippen molar-refractivity contribution in [3.63, 3.8) is 0 Å². The number of allylic oxidation sites excluding steroid dienone is 3. The van der Waals surface area contributed by atoms with E-state index in [2.05, 4.69) is 32.1 Å². The van der Waals surface area contributed by atoms with Gasteiger partial charge in [-0.1, -0.05) is 45.4 Å². The van der Waals surface area contributed by atoms with Crippen LogP contribution in [0, 0.1) is 5.92 Å². The van der Waals surface area contributed by atoms with Crippen LogP contribution in [-0.4, -0.2) is 6.54 Å². The van der Waals surface area contributed by atoms with Crippen molar-refractivity contribution in [2.24, 2.45) is 11.7 Å². The Bertz CT molecular complexity index is 157. The fourth-order valence-corrected chi connectivity index (χ4v) is 1.43. The van der Waals surface area contributed by atoms with Gasteiger partial charge >= 0.3 is 0 Å². The van der Waals surface area contributed by atoms with Gasteiger partial charge in [0.25, 0.3) is 0 Å². The normalized spacial score (nSPS) is 13.7. The first-order chi connectivity index (χ1) is 6.79. The molecule has 0 aromatic heterocycles. The molecular formula is C13H27N. The van der Waals surface area contributed by atoms with Crippen LogP contribution in [0.5, 0.6) is 0 Å². The van der Waals surface area contributed by atoms with Crippen LogP contribution in [0.4, 0.5) is 0 Å². The Hall–Kier alpha value is -0.560. The smallest absolute Gasteiger partial charge is 0.000836 e. The van der Waals surface area contributed by atoms with Gasteiger partial charge in [-0.05, 0) is 38.3 Å². The number of hydrogen-bond acceptors (Lipinski definition) is 1. The monoisotopic (exact) mass is 197 g/mol. The zero-order chi connectivity index (χ0) is 11.4. The second-order valence-electron chi connectivity index (χ2n) is 3.01. The summed E-state index contributed by atoms with van der Waals surface area (Å²) >= 11 is 0. The fraction of sp³-hybridized carbons (Fsp3) is 0.692. The third-order valence-electron chi connectivity index (χ3n) is 2.09. The van der Waals surface area contributed by atoms with E-state index in [0.29, 0.717) is 5.92 Å². The van der Waals surface area contributed by atoms with E-state index in [1.54, 1.807) is 0 Å². The molecule has 0 aromatic carbocycles. The van der Waals surface area contributed by atoms with Crippen molar-refractivity contribution in [2.75, 3.05) is 6.54 Å². The molecule has 14 heavy (non-hydrogen) atoms. The molecule has 0 rings (SSSR count). The van der Waals surface area contributed by atoms with Gasteiger partial charge in [-0.3, -0.25) is 0 Å². The maximum absolute atomic E-state index is 5.69. The lowest BCUT2D eigenvalue weighted by Crippen LogP contribution is -2.15. The Morgan fingerprint density at radius 1 is 1.29 bits per heavy atom. The summed E-state index contributed by atoms with van der Waals surface area (Å²) in [7, 11) is 0. The summed E-state index contributed by atoms with van der Waals surface area (Å²) in [5.74, 6) is 0.552. The molecular weight excluding hydrogens is 170 g/mol. The lowest BCUT2D eigenvalue weighted by atomic mass is 9.94. The molecule has 0 saturated heterocycles. The number of nitrogens with two attached hydrogens (primary N) is 1. The van der Waals surface area contributed by atoms with Gasteiger partial charge in [-0.25, -0.2) is 0 Å². The third kappa shape index (κ3) is 6.90. The molecule has 0 saturated carbocycles. The molecule has 1 atom stereocenters. The summed E-state index contributed by atoms with van der Waals surface area (Å²) in [5, 5.41) is 0. The van der Waals surface area contributed by atoms with Crippen LogP contribution in [0.15, 0.2) is 23.8 Å². The molecule has 1 unspecified atom stereocenters. The molecule has 0 spiro atoms. The van der Waals surface area contributed by atoms with Crippen molar-refractivity contribution in [3.05, 3.63) is 23.8 Å². The molecule has 0 radical (unpaired) electrons. The molecule has 1 heteroatoms. The summed E-state index contributed by atoms with van der Waals surface area (Å²) in [6, 6.07) is 0. The Morgan fingerprint density at radius 3 is 2.14 bits per heavy atom. The average Bonchev–Trinajstić information content (AvgIpc) is 2.26. The molecule has 0 heterocycles. The molecule has 0 fully saturated rings. The van der Waals surface area contributed by atoms with E-state index in [0.717, 1.165) is 6.54 Å². The molecule has 0 bridgehead atoms. The zero-order valence-corrected chi connectivity index (χ0v) is 10.5. The molecule has 0 aromatic rings. The largest absolute Gasteiger partial charge is 0.330 e.